The minimum absolute atomic E-state index is 0.000733. The molecule has 23 heavy (non-hydrogen) atoms. The average molecular weight is 389 g/mol. The second kappa shape index (κ2) is 7.33. The van der Waals surface area contributed by atoms with Crippen LogP contribution < -0.4 is 5.73 Å². The first-order chi connectivity index (χ1) is 10.3. The van der Waals surface area contributed by atoms with Crippen LogP contribution in [0.25, 0.3) is 0 Å². The maximum Gasteiger partial charge on any atom is 0.416 e. The van der Waals surface area contributed by atoms with Crippen LogP contribution in [-0.2, 0) is 22.0 Å². The Bertz CT molecular complexity index is 691. The van der Waals surface area contributed by atoms with Crippen molar-refractivity contribution in [2.45, 2.75) is 31.8 Å². The van der Waals surface area contributed by atoms with Crippen molar-refractivity contribution in [2.75, 3.05) is 6.54 Å². The Labute approximate surface area is 143 Å². The van der Waals surface area contributed by atoms with Crippen molar-refractivity contribution in [3.63, 3.8) is 0 Å². The third kappa shape index (κ3) is 5.59. The molecule has 1 rings (SSSR count). The van der Waals surface area contributed by atoms with Crippen molar-refractivity contribution >= 4 is 38.8 Å². The molecule has 0 aliphatic heterocycles. The normalized spacial score (nSPS) is 12.9. The predicted molar refractivity (Wildman–Crippen MR) is 87.7 cm³/mol. The Hall–Kier alpha value is -0.900. The summed E-state index contributed by atoms with van der Waals surface area (Å²) in [7, 11) is -3.84. The lowest BCUT2D eigenvalue weighted by atomic mass is 10.1. The summed E-state index contributed by atoms with van der Waals surface area (Å²) in [6.07, 6.45) is -4.54. The van der Waals surface area contributed by atoms with Gasteiger partial charge in [-0.25, -0.2) is 8.42 Å². The molecular formula is C13H16ClF3N2O2S2. The summed E-state index contributed by atoms with van der Waals surface area (Å²) in [4.78, 5) is 0.000733. The van der Waals surface area contributed by atoms with Crippen LogP contribution in [0.4, 0.5) is 13.2 Å². The summed E-state index contributed by atoms with van der Waals surface area (Å²) < 4.78 is 63.8. The second-order valence-corrected chi connectivity index (χ2v) is 8.02. The lowest BCUT2D eigenvalue weighted by Gasteiger charge is -2.25. The van der Waals surface area contributed by atoms with Gasteiger partial charge < -0.3 is 5.73 Å². The van der Waals surface area contributed by atoms with E-state index in [9.17, 15) is 21.6 Å². The maximum atomic E-state index is 12.6. The number of halogens is 4. The largest absolute Gasteiger partial charge is 0.416 e. The molecule has 0 fully saturated rings. The minimum Gasteiger partial charge on any atom is -0.392 e. The lowest BCUT2D eigenvalue weighted by molar-refractivity contribution is -0.137. The van der Waals surface area contributed by atoms with E-state index >= 15 is 0 Å². The molecule has 1 aromatic rings. The van der Waals surface area contributed by atoms with Gasteiger partial charge in [-0.15, -0.1) is 0 Å². The summed E-state index contributed by atoms with van der Waals surface area (Å²) in [5.41, 5.74) is 4.53. The van der Waals surface area contributed by atoms with Crippen LogP contribution in [0.15, 0.2) is 18.2 Å². The van der Waals surface area contributed by atoms with Gasteiger partial charge in [-0.2, -0.15) is 17.5 Å². The van der Waals surface area contributed by atoms with Gasteiger partial charge in [0.15, 0.2) is 0 Å². The minimum atomic E-state index is -4.54. The SMILES string of the molecule is CC(C)N(CC(N)=S)S(=O)(=O)Cc1ccc(C(F)(F)F)cc1Cl. The van der Waals surface area contributed by atoms with Gasteiger partial charge in [0.1, 0.15) is 0 Å². The monoisotopic (exact) mass is 388 g/mol. The Morgan fingerprint density at radius 2 is 1.96 bits per heavy atom. The van der Waals surface area contributed by atoms with E-state index in [4.69, 9.17) is 29.6 Å². The fourth-order valence-electron chi connectivity index (χ4n) is 1.88. The zero-order valence-corrected chi connectivity index (χ0v) is 14.8. The molecule has 0 bridgehead atoms. The molecule has 0 aliphatic carbocycles. The molecular weight excluding hydrogens is 373 g/mol. The summed E-state index contributed by atoms with van der Waals surface area (Å²) >= 11 is 10.5. The first kappa shape index (κ1) is 20.1. The van der Waals surface area contributed by atoms with Gasteiger partial charge in [-0.05, 0) is 31.5 Å². The molecule has 0 atom stereocenters. The highest BCUT2D eigenvalue weighted by Crippen LogP contribution is 2.32. The van der Waals surface area contributed by atoms with Crippen LogP contribution in [0.5, 0.6) is 0 Å². The predicted octanol–water partition coefficient (Wildman–Crippen LogP) is 3.19. The number of nitrogens with zero attached hydrogens (tertiary/aromatic N) is 1. The van der Waals surface area contributed by atoms with Crippen LogP contribution in [0.2, 0.25) is 5.02 Å². The number of benzene rings is 1. The molecule has 0 spiro atoms. The zero-order valence-electron chi connectivity index (χ0n) is 12.4. The number of alkyl halides is 3. The number of rotatable bonds is 6. The van der Waals surface area contributed by atoms with Crippen molar-refractivity contribution in [1.82, 2.24) is 4.31 Å². The summed E-state index contributed by atoms with van der Waals surface area (Å²) in [6, 6.07) is 2.15. The van der Waals surface area contributed by atoms with Crippen molar-refractivity contribution in [1.29, 1.82) is 0 Å². The molecule has 130 valence electrons. The summed E-state index contributed by atoms with van der Waals surface area (Å²) in [5.74, 6) is -0.537. The van der Waals surface area contributed by atoms with Gasteiger partial charge in [0.25, 0.3) is 0 Å². The third-order valence-electron chi connectivity index (χ3n) is 2.96. The van der Waals surface area contributed by atoms with Crippen LogP contribution >= 0.6 is 23.8 Å². The van der Waals surface area contributed by atoms with E-state index in [1.54, 1.807) is 13.8 Å². The van der Waals surface area contributed by atoms with Crippen molar-refractivity contribution in [3.05, 3.63) is 34.3 Å². The van der Waals surface area contributed by atoms with Gasteiger partial charge in [0.05, 0.1) is 22.8 Å². The topological polar surface area (TPSA) is 63.4 Å². The van der Waals surface area contributed by atoms with Crippen molar-refractivity contribution in [2.24, 2.45) is 5.73 Å². The van der Waals surface area contributed by atoms with Crippen molar-refractivity contribution < 1.29 is 21.6 Å². The number of sulfonamides is 1. The highest BCUT2D eigenvalue weighted by Gasteiger charge is 2.32. The highest BCUT2D eigenvalue weighted by molar-refractivity contribution is 7.88. The van der Waals surface area contributed by atoms with Crippen LogP contribution in [0.1, 0.15) is 25.0 Å². The first-order valence-electron chi connectivity index (χ1n) is 6.48. The van der Waals surface area contributed by atoms with Gasteiger partial charge in [-0.1, -0.05) is 29.9 Å². The van der Waals surface area contributed by atoms with Crippen LogP contribution in [-0.4, -0.2) is 30.3 Å². The van der Waals surface area contributed by atoms with Crippen LogP contribution in [0, 0.1) is 0 Å². The van der Waals surface area contributed by atoms with Gasteiger partial charge in [0.2, 0.25) is 10.0 Å². The molecule has 0 unspecified atom stereocenters. The maximum absolute atomic E-state index is 12.6. The molecule has 0 aromatic heterocycles. The lowest BCUT2D eigenvalue weighted by Crippen LogP contribution is -2.42. The quantitative estimate of drug-likeness (QED) is 0.760. The van der Waals surface area contributed by atoms with E-state index in [-0.39, 0.29) is 22.1 Å². The molecule has 0 saturated carbocycles. The molecule has 0 heterocycles. The van der Waals surface area contributed by atoms with E-state index < -0.39 is 33.6 Å². The molecule has 0 amide bonds. The fraction of sp³-hybridized carbons (Fsp3) is 0.462. The Morgan fingerprint density at radius 1 is 1.39 bits per heavy atom. The Balaban J connectivity index is 3.12. The van der Waals surface area contributed by atoms with Gasteiger partial charge in [-0.3, -0.25) is 0 Å². The number of hydrogen-bond donors (Lipinski definition) is 1. The molecule has 0 saturated heterocycles. The average Bonchev–Trinajstić information content (AvgIpc) is 2.36. The first-order valence-corrected chi connectivity index (χ1v) is 8.87. The molecule has 1 aromatic carbocycles. The molecule has 2 N–H and O–H groups in total. The van der Waals surface area contributed by atoms with Crippen LogP contribution in [0.3, 0.4) is 0 Å². The smallest absolute Gasteiger partial charge is 0.392 e. The van der Waals surface area contributed by atoms with Crippen molar-refractivity contribution in [3.8, 4) is 0 Å². The highest BCUT2D eigenvalue weighted by atomic mass is 35.5. The fourth-order valence-corrected chi connectivity index (χ4v) is 4.21. The van der Waals surface area contributed by atoms with E-state index in [0.717, 1.165) is 16.4 Å². The van der Waals surface area contributed by atoms with Gasteiger partial charge >= 0.3 is 6.18 Å². The van der Waals surface area contributed by atoms with E-state index in [0.29, 0.717) is 6.07 Å². The zero-order chi connectivity index (χ0) is 18.0. The number of thiocarbonyl (C=S) groups is 1. The summed E-state index contributed by atoms with van der Waals surface area (Å²) in [6.45, 7) is 3.14. The number of nitrogens with two attached hydrogens (primary N) is 1. The second-order valence-electron chi connectivity index (χ2n) is 5.17. The molecule has 0 radical (unpaired) electrons. The van der Waals surface area contributed by atoms with E-state index in [1.165, 1.54) is 0 Å². The molecule has 4 nitrogen and oxygen atoms in total. The van der Waals surface area contributed by atoms with E-state index in [2.05, 4.69) is 0 Å². The number of hydrogen-bond acceptors (Lipinski definition) is 3. The Morgan fingerprint density at radius 3 is 2.35 bits per heavy atom. The Kier molecular flexibility index (Phi) is 6.42. The summed E-state index contributed by atoms with van der Waals surface area (Å²) in [5, 5.41) is -0.262. The van der Waals surface area contributed by atoms with Gasteiger partial charge in [0, 0.05) is 11.1 Å². The standard InChI is InChI=1S/C13H16ClF3N2O2S2/c1-8(2)19(6-12(18)22)23(20,21)7-9-3-4-10(5-11(9)14)13(15,16)17/h3-5,8H,6-7H2,1-2H3,(H2,18,22). The van der Waals surface area contributed by atoms with E-state index in [1.807, 2.05) is 0 Å². The third-order valence-corrected chi connectivity index (χ3v) is 5.39. The molecule has 10 heteroatoms. The molecule has 0 aliphatic rings.